The topological polar surface area (TPSA) is 14.8 Å². The van der Waals surface area contributed by atoms with Crippen LogP contribution in [0.3, 0.4) is 0 Å². The van der Waals surface area contributed by atoms with Gasteiger partial charge in [-0.15, -0.1) is 0 Å². The number of allylic oxidation sites excluding steroid dienone is 2. The summed E-state index contributed by atoms with van der Waals surface area (Å²) in [5.74, 6) is 0. The van der Waals surface area contributed by atoms with Crippen LogP contribution in [0, 0.1) is 6.92 Å². The van der Waals surface area contributed by atoms with Crippen LogP contribution in [0.2, 0.25) is 0 Å². The van der Waals surface area contributed by atoms with Crippen molar-refractivity contribution in [2.45, 2.75) is 6.92 Å². The minimum absolute atomic E-state index is 0.949. The summed E-state index contributed by atoms with van der Waals surface area (Å²) in [6, 6.07) is 87.8. The number of fused-ring (bicyclic) bond motifs is 7. The average molecular weight is 894 g/mol. The van der Waals surface area contributed by atoms with E-state index in [1.54, 1.807) is 0 Å². The fourth-order valence-electron chi connectivity index (χ4n) is 10.7. The summed E-state index contributed by atoms with van der Waals surface area (Å²) in [6.07, 6.45) is 4.44. The Morgan fingerprint density at radius 2 is 0.657 bits per heavy atom. The molecule has 0 fully saturated rings. The summed E-state index contributed by atoms with van der Waals surface area (Å²) in [5, 5.41) is 6.10. The van der Waals surface area contributed by atoms with Gasteiger partial charge in [-0.2, -0.15) is 0 Å². The van der Waals surface area contributed by atoms with Crippen LogP contribution in [0.1, 0.15) is 16.8 Å². The van der Waals surface area contributed by atoms with Crippen molar-refractivity contribution in [2.24, 2.45) is 0 Å². The first-order valence-corrected chi connectivity index (χ1v) is 24.0. The quantitative estimate of drug-likeness (QED) is 0.128. The van der Waals surface area contributed by atoms with E-state index in [1.807, 2.05) is 0 Å². The van der Waals surface area contributed by atoms with Gasteiger partial charge < -0.3 is 13.7 Å². The molecule has 0 unspecified atom stereocenters. The van der Waals surface area contributed by atoms with Crippen LogP contribution in [0.4, 0.5) is 0 Å². The Morgan fingerprint density at radius 1 is 0.329 bits per heavy atom. The normalized spacial score (nSPS) is 11.8. The second-order valence-corrected chi connectivity index (χ2v) is 18.3. The van der Waals surface area contributed by atoms with Gasteiger partial charge in [0.25, 0.3) is 0 Å². The molecular weight excluding hydrogens is 847 g/mol. The summed E-state index contributed by atoms with van der Waals surface area (Å²) in [7, 11) is 0. The molecule has 3 aromatic heterocycles. The lowest BCUT2D eigenvalue weighted by atomic mass is 9.99. The predicted octanol–water partition coefficient (Wildman–Crippen LogP) is 17.9. The molecule has 0 saturated heterocycles. The SMILES string of the molecule is C=C(/C=C\c1c(C)c2cc(-c3ccc4c(c3)c3cc(-c5ccccc5)ccc3n4-c3ccccc3)ccc2n1-c1ccccc1)c1ccc2c(c1)c1cc(-c3ccccc3)ccc1n2-c1ccccc1. The van der Waals surface area contributed by atoms with Crippen molar-refractivity contribution in [1.29, 1.82) is 0 Å². The molecule has 70 heavy (non-hydrogen) atoms. The summed E-state index contributed by atoms with van der Waals surface area (Å²) < 4.78 is 7.16. The van der Waals surface area contributed by atoms with Gasteiger partial charge in [0.05, 0.1) is 27.6 Å². The molecule has 0 saturated carbocycles. The maximum absolute atomic E-state index is 4.68. The fraction of sp³-hybridized carbons (Fsp3) is 0.0149. The Hall–Kier alpha value is -9.18. The fourth-order valence-corrected chi connectivity index (χ4v) is 10.7. The average Bonchev–Trinajstić information content (AvgIpc) is 4.04. The van der Waals surface area contributed by atoms with Crippen LogP contribution in [0.5, 0.6) is 0 Å². The maximum atomic E-state index is 4.68. The first-order valence-electron chi connectivity index (χ1n) is 24.0. The van der Waals surface area contributed by atoms with Gasteiger partial charge in [0.1, 0.15) is 0 Å². The van der Waals surface area contributed by atoms with Crippen molar-refractivity contribution in [3.63, 3.8) is 0 Å². The zero-order chi connectivity index (χ0) is 46.7. The lowest BCUT2D eigenvalue weighted by Gasteiger charge is -2.10. The van der Waals surface area contributed by atoms with E-state index < -0.39 is 0 Å². The van der Waals surface area contributed by atoms with E-state index in [4.69, 9.17) is 0 Å². The van der Waals surface area contributed by atoms with Gasteiger partial charge in [-0.05, 0) is 160 Å². The first-order chi connectivity index (χ1) is 34.6. The lowest BCUT2D eigenvalue weighted by Crippen LogP contribution is -1.96. The molecule has 0 amide bonds. The van der Waals surface area contributed by atoms with Crippen LogP contribution >= 0.6 is 0 Å². The van der Waals surface area contributed by atoms with Crippen molar-refractivity contribution in [2.75, 3.05) is 0 Å². The molecule has 0 spiro atoms. The molecule has 3 heteroatoms. The smallest absolute Gasteiger partial charge is 0.0541 e. The molecular formula is C67H47N3. The van der Waals surface area contributed by atoms with E-state index >= 15 is 0 Å². The Kier molecular flexibility index (Phi) is 9.88. The van der Waals surface area contributed by atoms with Gasteiger partial charge in [0, 0.05) is 49.7 Å². The number of nitrogens with zero attached hydrogens (tertiary/aromatic N) is 3. The second kappa shape index (κ2) is 16.9. The Morgan fingerprint density at radius 3 is 1.09 bits per heavy atom. The number of para-hydroxylation sites is 3. The first kappa shape index (κ1) is 41.0. The zero-order valence-electron chi connectivity index (χ0n) is 38.8. The van der Waals surface area contributed by atoms with E-state index in [-0.39, 0.29) is 0 Å². The van der Waals surface area contributed by atoms with Gasteiger partial charge in [0.2, 0.25) is 0 Å². The summed E-state index contributed by atoms with van der Waals surface area (Å²) >= 11 is 0. The van der Waals surface area contributed by atoms with E-state index in [2.05, 4.69) is 282 Å². The third-order valence-corrected chi connectivity index (χ3v) is 14.2. The number of rotatable bonds is 9. The van der Waals surface area contributed by atoms with Crippen LogP contribution in [-0.2, 0) is 0 Å². The number of aromatic nitrogens is 3. The molecule has 13 rings (SSSR count). The van der Waals surface area contributed by atoms with Gasteiger partial charge >= 0.3 is 0 Å². The molecule has 0 aliphatic carbocycles. The molecule has 0 atom stereocenters. The van der Waals surface area contributed by atoms with Gasteiger partial charge in [-0.25, -0.2) is 0 Å². The van der Waals surface area contributed by atoms with E-state index in [0.717, 1.165) is 39.4 Å². The second-order valence-electron chi connectivity index (χ2n) is 18.3. The maximum Gasteiger partial charge on any atom is 0.0541 e. The minimum atomic E-state index is 0.949. The molecule has 10 aromatic carbocycles. The summed E-state index contributed by atoms with van der Waals surface area (Å²) in [6.45, 7) is 6.94. The van der Waals surface area contributed by atoms with Crippen LogP contribution in [0.15, 0.2) is 255 Å². The van der Waals surface area contributed by atoms with Crippen molar-refractivity contribution in [3.8, 4) is 50.4 Å². The number of aryl methyl sites for hydroxylation is 1. The zero-order valence-corrected chi connectivity index (χ0v) is 38.8. The van der Waals surface area contributed by atoms with Crippen molar-refractivity contribution < 1.29 is 0 Å². The molecule has 0 radical (unpaired) electrons. The van der Waals surface area contributed by atoms with E-state index in [9.17, 15) is 0 Å². The summed E-state index contributed by atoms with van der Waals surface area (Å²) in [5.41, 5.74) is 20.9. The van der Waals surface area contributed by atoms with Crippen LogP contribution in [0.25, 0.3) is 117 Å². The molecule has 0 aliphatic rings. The van der Waals surface area contributed by atoms with Gasteiger partial charge in [-0.3, -0.25) is 0 Å². The third kappa shape index (κ3) is 6.90. The summed E-state index contributed by atoms with van der Waals surface area (Å²) in [4.78, 5) is 0. The molecule has 0 bridgehead atoms. The van der Waals surface area contributed by atoms with Crippen molar-refractivity contribution >= 4 is 66.2 Å². The Bertz CT molecular complexity index is 4150. The predicted molar refractivity (Wildman–Crippen MR) is 298 cm³/mol. The number of hydrogen-bond donors (Lipinski definition) is 0. The molecule has 3 heterocycles. The third-order valence-electron chi connectivity index (χ3n) is 14.2. The van der Waals surface area contributed by atoms with Crippen molar-refractivity contribution in [1.82, 2.24) is 13.7 Å². The molecule has 3 nitrogen and oxygen atoms in total. The lowest BCUT2D eigenvalue weighted by molar-refractivity contribution is 1.10. The Balaban J connectivity index is 0.916. The highest BCUT2D eigenvalue weighted by Crippen LogP contribution is 2.40. The molecule has 330 valence electrons. The van der Waals surface area contributed by atoms with Gasteiger partial charge in [-0.1, -0.05) is 158 Å². The highest BCUT2D eigenvalue weighted by atomic mass is 15.0. The molecule has 0 aliphatic heterocycles. The monoisotopic (exact) mass is 893 g/mol. The van der Waals surface area contributed by atoms with Crippen LogP contribution < -0.4 is 0 Å². The number of hydrogen-bond acceptors (Lipinski definition) is 0. The van der Waals surface area contributed by atoms with Crippen LogP contribution in [-0.4, -0.2) is 13.7 Å². The highest BCUT2D eigenvalue weighted by Gasteiger charge is 2.19. The standard InChI is InChI=1S/C67H47N3/c1-45(49-29-35-64-58(40-49)59-42-50(47-18-8-3-9-19-47)30-37-65(59)69(64)55-24-14-6-15-25-55)28-34-62-46(2)57-41-52(32-36-63(57)68(62)54-22-12-5-13-23-54)53-33-39-67-61(44-53)60-43-51(48-20-10-4-11-21-48)31-38-66(60)70(67)56-26-16-7-17-27-56/h3-44H,1H2,2H3/b34-28-. The highest BCUT2D eigenvalue weighted by molar-refractivity contribution is 6.13. The number of benzene rings is 10. The van der Waals surface area contributed by atoms with Gasteiger partial charge in [0.15, 0.2) is 0 Å². The van der Waals surface area contributed by atoms with E-state index in [0.29, 0.717) is 0 Å². The minimum Gasteiger partial charge on any atom is -0.310 e. The van der Waals surface area contributed by atoms with E-state index in [1.165, 1.54) is 87.9 Å². The van der Waals surface area contributed by atoms with Crippen molar-refractivity contribution in [3.05, 3.63) is 272 Å². The molecule has 13 aromatic rings. The Labute approximate surface area is 407 Å². The largest absolute Gasteiger partial charge is 0.310 e. The molecule has 0 N–H and O–H groups in total.